The molecule has 1 amide bonds. The maximum absolute atomic E-state index is 13.4. The molecule has 0 saturated heterocycles. The molecular weight excluding hydrogens is 373 g/mol. The topological polar surface area (TPSA) is 46.1 Å². The van der Waals surface area contributed by atoms with Crippen LogP contribution in [-0.4, -0.2) is 22.6 Å². The lowest BCUT2D eigenvalue weighted by molar-refractivity contribution is 0.0986. The number of nitrogens with zero attached hydrogens (tertiary/aromatic N) is 3. The summed E-state index contributed by atoms with van der Waals surface area (Å²) in [6.45, 7) is 2.60. The molecular formula is C19H17ClFN3OS. The predicted molar refractivity (Wildman–Crippen MR) is 103 cm³/mol. The van der Waals surface area contributed by atoms with Gasteiger partial charge in [-0.3, -0.25) is 9.69 Å². The second-order valence-electron chi connectivity index (χ2n) is 5.72. The van der Waals surface area contributed by atoms with Crippen molar-refractivity contribution in [3.05, 3.63) is 64.9 Å². The predicted octanol–water partition coefficient (Wildman–Crippen LogP) is 5.44. The maximum Gasteiger partial charge on any atom is 0.260 e. The SMILES string of the molecule is CCCCN(C(=O)c1ccc(Cl)cc1)c1nnc(-c2cccc(F)c2)s1. The molecule has 0 N–H and O–H groups in total. The summed E-state index contributed by atoms with van der Waals surface area (Å²) >= 11 is 7.17. The van der Waals surface area contributed by atoms with Crippen LogP contribution in [0.5, 0.6) is 0 Å². The minimum absolute atomic E-state index is 0.156. The monoisotopic (exact) mass is 389 g/mol. The lowest BCUT2D eigenvalue weighted by atomic mass is 10.2. The normalized spacial score (nSPS) is 10.7. The van der Waals surface area contributed by atoms with Crippen LogP contribution in [0.25, 0.3) is 10.6 Å². The summed E-state index contributed by atoms with van der Waals surface area (Å²) in [6.07, 6.45) is 1.79. The molecule has 134 valence electrons. The number of carbonyl (C=O) groups excluding carboxylic acids is 1. The van der Waals surface area contributed by atoms with Gasteiger partial charge < -0.3 is 0 Å². The van der Waals surface area contributed by atoms with Gasteiger partial charge in [0.2, 0.25) is 5.13 Å². The summed E-state index contributed by atoms with van der Waals surface area (Å²) < 4.78 is 13.4. The van der Waals surface area contributed by atoms with E-state index in [0.29, 0.717) is 32.8 Å². The van der Waals surface area contributed by atoms with Gasteiger partial charge in [0.05, 0.1) is 0 Å². The van der Waals surface area contributed by atoms with Crippen molar-refractivity contribution in [3.63, 3.8) is 0 Å². The summed E-state index contributed by atoms with van der Waals surface area (Å²) in [6, 6.07) is 12.9. The highest BCUT2D eigenvalue weighted by Gasteiger charge is 2.21. The lowest BCUT2D eigenvalue weighted by Crippen LogP contribution is -2.31. The average molecular weight is 390 g/mol. The molecule has 3 rings (SSSR count). The number of carbonyl (C=O) groups is 1. The van der Waals surface area contributed by atoms with Crippen molar-refractivity contribution in [2.75, 3.05) is 11.4 Å². The molecule has 0 aliphatic carbocycles. The first-order valence-electron chi connectivity index (χ1n) is 8.25. The van der Waals surface area contributed by atoms with Crippen molar-refractivity contribution in [2.24, 2.45) is 0 Å². The Morgan fingerprint density at radius 3 is 2.65 bits per heavy atom. The quantitative estimate of drug-likeness (QED) is 0.563. The van der Waals surface area contributed by atoms with E-state index in [-0.39, 0.29) is 11.7 Å². The van der Waals surface area contributed by atoms with Gasteiger partial charge in [0.15, 0.2) is 0 Å². The zero-order valence-electron chi connectivity index (χ0n) is 14.2. The van der Waals surface area contributed by atoms with Gasteiger partial charge in [-0.05, 0) is 42.8 Å². The van der Waals surface area contributed by atoms with Gasteiger partial charge in [-0.1, -0.05) is 48.4 Å². The van der Waals surface area contributed by atoms with E-state index in [1.807, 2.05) is 0 Å². The third kappa shape index (κ3) is 4.26. The Labute approximate surface area is 160 Å². The van der Waals surface area contributed by atoms with E-state index < -0.39 is 0 Å². The van der Waals surface area contributed by atoms with E-state index in [4.69, 9.17) is 11.6 Å². The first-order chi connectivity index (χ1) is 12.6. The van der Waals surface area contributed by atoms with Crippen LogP contribution in [0, 0.1) is 5.82 Å². The van der Waals surface area contributed by atoms with Crippen molar-refractivity contribution < 1.29 is 9.18 Å². The molecule has 0 unspecified atom stereocenters. The average Bonchev–Trinajstić information content (AvgIpc) is 3.12. The number of benzene rings is 2. The Kier molecular flexibility index (Phi) is 5.96. The zero-order chi connectivity index (χ0) is 18.5. The Morgan fingerprint density at radius 1 is 1.19 bits per heavy atom. The van der Waals surface area contributed by atoms with E-state index >= 15 is 0 Å². The van der Waals surface area contributed by atoms with Crippen LogP contribution in [0.3, 0.4) is 0 Å². The van der Waals surface area contributed by atoms with E-state index in [2.05, 4.69) is 17.1 Å². The van der Waals surface area contributed by atoms with Crippen LogP contribution in [0.2, 0.25) is 5.02 Å². The van der Waals surface area contributed by atoms with Crippen molar-refractivity contribution in [2.45, 2.75) is 19.8 Å². The van der Waals surface area contributed by atoms with Crippen LogP contribution in [0.4, 0.5) is 9.52 Å². The molecule has 7 heteroatoms. The number of rotatable bonds is 6. The van der Waals surface area contributed by atoms with E-state index in [1.165, 1.54) is 23.5 Å². The van der Waals surface area contributed by atoms with Gasteiger partial charge in [0, 0.05) is 22.7 Å². The van der Waals surface area contributed by atoms with E-state index in [0.717, 1.165) is 12.8 Å². The van der Waals surface area contributed by atoms with Crippen LogP contribution < -0.4 is 4.90 Å². The van der Waals surface area contributed by atoms with Gasteiger partial charge in [-0.25, -0.2) is 4.39 Å². The summed E-state index contributed by atoms with van der Waals surface area (Å²) in [5.41, 5.74) is 1.18. The largest absolute Gasteiger partial charge is 0.283 e. The molecule has 0 fully saturated rings. The molecule has 0 aliphatic rings. The maximum atomic E-state index is 13.4. The summed E-state index contributed by atoms with van der Waals surface area (Å²) in [7, 11) is 0. The Bertz CT molecular complexity index is 898. The summed E-state index contributed by atoms with van der Waals surface area (Å²) in [4.78, 5) is 14.5. The highest BCUT2D eigenvalue weighted by Crippen LogP contribution is 2.30. The highest BCUT2D eigenvalue weighted by molar-refractivity contribution is 7.18. The number of aromatic nitrogens is 2. The molecule has 4 nitrogen and oxygen atoms in total. The standard InChI is InChI=1S/C19H17ClFN3OS/c1-2-3-11-24(18(25)13-7-9-15(20)10-8-13)19-23-22-17(26-19)14-5-4-6-16(21)12-14/h4-10,12H,2-3,11H2,1H3. The molecule has 26 heavy (non-hydrogen) atoms. The molecule has 0 atom stereocenters. The zero-order valence-corrected chi connectivity index (χ0v) is 15.7. The van der Waals surface area contributed by atoms with Crippen LogP contribution >= 0.6 is 22.9 Å². The van der Waals surface area contributed by atoms with Gasteiger partial charge >= 0.3 is 0 Å². The minimum atomic E-state index is -0.334. The second-order valence-corrected chi connectivity index (χ2v) is 7.11. The van der Waals surface area contributed by atoms with Gasteiger partial charge in [-0.15, -0.1) is 10.2 Å². The first kappa shape index (κ1) is 18.5. The molecule has 1 aromatic heterocycles. The number of hydrogen-bond donors (Lipinski definition) is 0. The number of anilines is 1. The summed E-state index contributed by atoms with van der Waals surface area (Å²) in [5.74, 6) is -0.489. The van der Waals surface area contributed by atoms with Gasteiger partial charge in [0.25, 0.3) is 5.91 Å². The number of unbranched alkanes of at least 4 members (excludes halogenated alkanes) is 1. The Hall–Kier alpha value is -2.31. The molecule has 0 radical (unpaired) electrons. The molecule has 0 aliphatic heterocycles. The van der Waals surface area contributed by atoms with E-state index in [1.54, 1.807) is 41.3 Å². The molecule has 0 bridgehead atoms. The summed E-state index contributed by atoms with van der Waals surface area (Å²) in [5, 5.41) is 9.95. The van der Waals surface area contributed by atoms with Crippen molar-refractivity contribution in [1.29, 1.82) is 0 Å². The second kappa shape index (κ2) is 8.38. The molecule has 2 aromatic carbocycles. The molecule has 3 aromatic rings. The third-order valence-corrected chi connectivity index (χ3v) is 5.04. The van der Waals surface area contributed by atoms with Crippen LogP contribution in [-0.2, 0) is 0 Å². The number of amides is 1. The molecule has 0 spiro atoms. The minimum Gasteiger partial charge on any atom is -0.283 e. The number of halogens is 2. The highest BCUT2D eigenvalue weighted by atomic mass is 35.5. The van der Waals surface area contributed by atoms with E-state index in [9.17, 15) is 9.18 Å². The van der Waals surface area contributed by atoms with Gasteiger partial charge in [-0.2, -0.15) is 0 Å². The Morgan fingerprint density at radius 2 is 1.96 bits per heavy atom. The van der Waals surface area contributed by atoms with Crippen LogP contribution in [0.1, 0.15) is 30.1 Å². The van der Waals surface area contributed by atoms with Crippen molar-refractivity contribution in [3.8, 4) is 10.6 Å². The lowest BCUT2D eigenvalue weighted by Gasteiger charge is -2.19. The van der Waals surface area contributed by atoms with Gasteiger partial charge in [0.1, 0.15) is 10.8 Å². The van der Waals surface area contributed by atoms with Crippen LogP contribution in [0.15, 0.2) is 48.5 Å². The Balaban J connectivity index is 1.90. The molecule has 0 saturated carbocycles. The molecule has 1 heterocycles. The fourth-order valence-electron chi connectivity index (χ4n) is 2.41. The fraction of sp³-hybridized carbons (Fsp3) is 0.211. The van der Waals surface area contributed by atoms with Crippen molar-refractivity contribution >= 4 is 34.0 Å². The number of hydrogen-bond acceptors (Lipinski definition) is 4. The smallest absolute Gasteiger partial charge is 0.260 e. The first-order valence-corrected chi connectivity index (χ1v) is 9.45. The third-order valence-electron chi connectivity index (χ3n) is 3.79. The van der Waals surface area contributed by atoms with Crippen molar-refractivity contribution in [1.82, 2.24) is 10.2 Å². The fourth-order valence-corrected chi connectivity index (χ4v) is 3.40.